The molecule has 0 amide bonds. The van der Waals surface area contributed by atoms with Crippen LogP contribution < -0.4 is 16.6 Å². The molecule has 1 fully saturated rings. The highest BCUT2D eigenvalue weighted by Gasteiger charge is 2.19. The predicted molar refractivity (Wildman–Crippen MR) is 65.1 cm³/mol. The topological polar surface area (TPSA) is 74.9 Å². The summed E-state index contributed by atoms with van der Waals surface area (Å²) in [7, 11) is 3.78. The number of likely N-dealkylation sites (tertiary alicyclic amines) is 1. The summed E-state index contributed by atoms with van der Waals surface area (Å²) in [5.74, 6) is 6.08. The first kappa shape index (κ1) is 13.2. The second-order valence-corrected chi connectivity index (χ2v) is 4.33. The molecule has 1 aliphatic heterocycles. The highest BCUT2D eigenvalue weighted by Crippen LogP contribution is 2.09. The highest BCUT2D eigenvalue weighted by atomic mass is 16.5. The van der Waals surface area contributed by atoms with Crippen molar-refractivity contribution in [3.8, 4) is 0 Å². The van der Waals surface area contributed by atoms with Crippen molar-refractivity contribution in [1.29, 1.82) is 0 Å². The van der Waals surface area contributed by atoms with Crippen molar-refractivity contribution in [1.82, 2.24) is 15.6 Å². The van der Waals surface area contributed by atoms with Crippen molar-refractivity contribution in [3.63, 3.8) is 0 Å². The Morgan fingerprint density at radius 1 is 1.69 bits per heavy atom. The van der Waals surface area contributed by atoms with Crippen LogP contribution in [-0.4, -0.2) is 56.8 Å². The molecule has 0 saturated carbocycles. The zero-order valence-corrected chi connectivity index (χ0v) is 10.4. The molecule has 6 heteroatoms. The Balaban J connectivity index is 2.43. The van der Waals surface area contributed by atoms with Crippen molar-refractivity contribution in [2.45, 2.75) is 25.4 Å². The summed E-state index contributed by atoms with van der Waals surface area (Å²) in [5.41, 5.74) is 2.60. The third-order valence-electron chi connectivity index (χ3n) is 2.61. The van der Waals surface area contributed by atoms with E-state index in [4.69, 9.17) is 10.6 Å². The quantitative estimate of drug-likeness (QED) is 0.253. The molecule has 0 aromatic rings. The van der Waals surface area contributed by atoms with Crippen LogP contribution in [0.3, 0.4) is 0 Å². The Morgan fingerprint density at radius 2 is 2.44 bits per heavy atom. The molecule has 2 unspecified atom stereocenters. The Labute approximate surface area is 97.2 Å². The average Bonchev–Trinajstić information content (AvgIpc) is 2.63. The highest BCUT2D eigenvalue weighted by molar-refractivity contribution is 5.79. The van der Waals surface area contributed by atoms with Crippen molar-refractivity contribution >= 4 is 5.96 Å². The monoisotopic (exact) mass is 229 g/mol. The summed E-state index contributed by atoms with van der Waals surface area (Å²) >= 11 is 0. The molecule has 0 radical (unpaired) electrons. The third kappa shape index (κ3) is 4.34. The van der Waals surface area contributed by atoms with Gasteiger partial charge in [-0.2, -0.15) is 0 Å². The van der Waals surface area contributed by atoms with Crippen molar-refractivity contribution < 1.29 is 4.74 Å². The van der Waals surface area contributed by atoms with Gasteiger partial charge in [-0.1, -0.05) is 0 Å². The molecule has 0 spiro atoms. The molecule has 94 valence electrons. The maximum Gasteiger partial charge on any atom is 0.206 e. The fourth-order valence-corrected chi connectivity index (χ4v) is 1.84. The summed E-state index contributed by atoms with van der Waals surface area (Å²) in [4.78, 5) is 6.80. The molecule has 0 aromatic carbocycles. The predicted octanol–water partition coefficient (Wildman–Crippen LogP) is -0.866. The van der Waals surface area contributed by atoms with E-state index in [0.29, 0.717) is 18.6 Å². The Kier molecular flexibility index (Phi) is 5.51. The van der Waals surface area contributed by atoms with E-state index in [1.54, 1.807) is 7.11 Å². The van der Waals surface area contributed by atoms with Gasteiger partial charge >= 0.3 is 0 Å². The lowest BCUT2D eigenvalue weighted by Gasteiger charge is -2.17. The first-order valence-corrected chi connectivity index (χ1v) is 5.64. The van der Waals surface area contributed by atoms with E-state index in [-0.39, 0.29) is 6.04 Å². The van der Waals surface area contributed by atoms with Gasteiger partial charge in [0.1, 0.15) is 0 Å². The molecule has 1 rings (SSSR count). The molecule has 4 N–H and O–H groups in total. The molecule has 6 nitrogen and oxygen atoms in total. The smallest absolute Gasteiger partial charge is 0.206 e. The number of nitrogens with one attached hydrogen (secondary N) is 2. The molecule has 16 heavy (non-hydrogen) atoms. The number of hydrazine groups is 1. The zero-order chi connectivity index (χ0) is 12.0. The van der Waals surface area contributed by atoms with Crippen LogP contribution in [0.4, 0.5) is 0 Å². The summed E-state index contributed by atoms with van der Waals surface area (Å²) in [6.45, 7) is 4.74. The van der Waals surface area contributed by atoms with Crippen LogP contribution in [-0.2, 0) is 4.74 Å². The molecule has 1 aliphatic rings. The molecular formula is C10H23N5O. The van der Waals surface area contributed by atoms with Gasteiger partial charge in [0.05, 0.1) is 12.6 Å². The van der Waals surface area contributed by atoms with Gasteiger partial charge < -0.3 is 15.0 Å². The van der Waals surface area contributed by atoms with Gasteiger partial charge in [0.25, 0.3) is 0 Å². The van der Waals surface area contributed by atoms with Gasteiger partial charge in [0.15, 0.2) is 0 Å². The van der Waals surface area contributed by atoms with E-state index in [1.807, 2.05) is 6.92 Å². The van der Waals surface area contributed by atoms with Crippen LogP contribution in [0.1, 0.15) is 13.3 Å². The lowest BCUT2D eigenvalue weighted by molar-refractivity contribution is 0.179. The van der Waals surface area contributed by atoms with Crippen molar-refractivity contribution in [2.24, 2.45) is 10.8 Å². The number of nitrogens with two attached hydrogens (primary N) is 1. The molecule has 1 heterocycles. The van der Waals surface area contributed by atoms with Gasteiger partial charge in [-0.15, -0.1) is 0 Å². The minimum atomic E-state index is 0.193. The number of aliphatic imine (C=N–C) groups is 1. The molecule has 0 aliphatic carbocycles. The molecular weight excluding hydrogens is 206 g/mol. The molecule has 0 aromatic heterocycles. The van der Waals surface area contributed by atoms with Crippen LogP contribution in [0.2, 0.25) is 0 Å². The van der Waals surface area contributed by atoms with E-state index in [2.05, 4.69) is 27.7 Å². The second kappa shape index (κ2) is 6.67. The van der Waals surface area contributed by atoms with Gasteiger partial charge in [-0.25, -0.2) is 10.8 Å². The van der Waals surface area contributed by atoms with Crippen LogP contribution in [0.25, 0.3) is 0 Å². The van der Waals surface area contributed by atoms with Gasteiger partial charge in [-0.05, 0) is 26.9 Å². The third-order valence-corrected chi connectivity index (χ3v) is 2.61. The summed E-state index contributed by atoms with van der Waals surface area (Å²) in [5, 5.41) is 3.18. The molecule has 1 saturated heterocycles. The van der Waals surface area contributed by atoms with E-state index in [9.17, 15) is 0 Å². The number of hydrogen-bond acceptors (Lipinski definition) is 4. The fourth-order valence-electron chi connectivity index (χ4n) is 1.84. The van der Waals surface area contributed by atoms with Crippen LogP contribution >= 0.6 is 0 Å². The number of methoxy groups -OCH3 is 1. The molecule has 2 atom stereocenters. The number of ether oxygens (including phenoxy) is 1. The van der Waals surface area contributed by atoms with Crippen molar-refractivity contribution in [3.05, 3.63) is 0 Å². The lowest BCUT2D eigenvalue weighted by Crippen LogP contribution is -2.47. The Hall–Kier alpha value is -0.850. The SMILES string of the molecule is COCC(C)NC(=NC1CCN(C)C1)NN. The fraction of sp³-hybridized carbons (Fsp3) is 0.900. The molecule has 0 bridgehead atoms. The number of hydrogen-bond donors (Lipinski definition) is 3. The Bertz CT molecular complexity index is 233. The lowest BCUT2D eigenvalue weighted by atomic mass is 10.3. The number of nitrogens with zero attached hydrogens (tertiary/aromatic N) is 2. The van der Waals surface area contributed by atoms with Gasteiger partial charge in [0, 0.05) is 19.7 Å². The number of rotatable bonds is 4. The maximum absolute atomic E-state index is 5.43. The first-order chi connectivity index (χ1) is 7.65. The average molecular weight is 229 g/mol. The first-order valence-electron chi connectivity index (χ1n) is 5.64. The van der Waals surface area contributed by atoms with Crippen LogP contribution in [0.15, 0.2) is 4.99 Å². The van der Waals surface area contributed by atoms with Gasteiger partial charge in [0.2, 0.25) is 5.96 Å². The maximum atomic E-state index is 5.43. The Morgan fingerprint density at radius 3 is 2.94 bits per heavy atom. The summed E-state index contributed by atoms with van der Waals surface area (Å²) in [6.07, 6.45) is 1.09. The zero-order valence-electron chi connectivity index (χ0n) is 10.4. The van der Waals surface area contributed by atoms with E-state index in [1.165, 1.54) is 0 Å². The van der Waals surface area contributed by atoms with E-state index >= 15 is 0 Å². The minimum absolute atomic E-state index is 0.193. The standard InChI is InChI=1S/C10H23N5O/c1-8(7-16-3)12-10(14-11)13-9-4-5-15(2)6-9/h8-9H,4-7,11H2,1-3H3,(H2,12,13,14). The van der Waals surface area contributed by atoms with Crippen molar-refractivity contribution in [2.75, 3.05) is 33.9 Å². The van der Waals surface area contributed by atoms with E-state index < -0.39 is 0 Å². The minimum Gasteiger partial charge on any atom is -0.383 e. The summed E-state index contributed by atoms with van der Waals surface area (Å²) < 4.78 is 5.04. The largest absolute Gasteiger partial charge is 0.383 e. The van der Waals surface area contributed by atoms with Crippen LogP contribution in [0.5, 0.6) is 0 Å². The normalized spacial score (nSPS) is 24.5. The van der Waals surface area contributed by atoms with Gasteiger partial charge in [-0.3, -0.25) is 5.43 Å². The van der Waals surface area contributed by atoms with E-state index in [0.717, 1.165) is 19.5 Å². The number of guanidine groups is 1. The number of likely N-dealkylation sites (N-methyl/N-ethyl adjacent to an activating group) is 1. The second-order valence-electron chi connectivity index (χ2n) is 4.33. The summed E-state index contributed by atoms with van der Waals surface area (Å²) in [6, 6.07) is 0.525. The van der Waals surface area contributed by atoms with Crippen LogP contribution in [0, 0.1) is 0 Å².